The minimum atomic E-state index is 0. The fraction of sp³-hybridized carbons (Fsp3) is 0.316. The van der Waals surface area contributed by atoms with Crippen LogP contribution in [0, 0.1) is 5.92 Å². The number of rotatable bonds is 7. The number of aliphatic imine (C=N–C) groups is 1. The van der Waals surface area contributed by atoms with Crippen molar-refractivity contribution in [3.63, 3.8) is 0 Å². The van der Waals surface area contributed by atoms with E-state index in [4.69, 9.17) is 22.1 Å². The lowest BCUT2D eigenvalue weighted by molar-refractivity contribution is 0.415. The van der Waals surface area contributed by atoms with Crippen molar-refractivity contribution in [1.29, 1.82) is 0 Å². The molecule has 0 aliphatic rings. The summed E-state index contributed by atoms with van der Waals surface area (Å²) in [5, 5.41) is 7.07. The highest BCUT2D eigenvalue weighted by Gasteiger charge is 2.13. The van der Waals surface area contributed by atoms with Crippen molar-refractivity contribution in [2.24, 2.45) is 16.6 Å². The van der Waals surface area contributed by atoms with Gasteiger partial charge in [-0.3, -0.25) is 4.99 Å². The third-order valence-corrected chi connectivity index (χ3v) is 4.11. The zero-order chi connectivity index (χ0) is 18.2. The second kappa shape index (κ2) is 11.1. The lowest BCUT2D eigenvalue weighted by Gasteiger charge is -2.22. The number of ether oxygens (including phenoxy) is 1. The first-order valence-electron chi connectivity index (χ1n) is 8.21. The summed E-state index contributed by atoms with van der Waals surface area (Å²) in [4.78, 5) is 4.46. The molecule has 0 heterocycles. The number of hydrogen-bond donors (Lipinski definition) is 3. The van der Waals surface area contributed by atoms with E-state index in [-0.39, 0.29) is 30.0 Å². The first kappa shape index (κ1) is 22.4. The fourth-order valence-electron chi connectivity index (χ4n) is 2.30. The lowest BCUT2D eigenvalue weighted by Crippen LogP contribution is -2.31. The van der Waals surface area contributed by atoms with Crippen LogP contribution in [0.1, 0.15) is 13.8 Å². The van der Waals surface area contributed by atoms with Gasteiger partial charge in [-0.25, -0.2) is 0 Å². The predicted molar refractivity (Wildman–Crippen MR) is 122 cm³/mol. The molecule has 2 rings (SSSR count). The number of nitrogens with zero attached hydrogens (tertiary/aromatic N) is 1. The van der Waals surface area contributed by atoms with Gasteiger partial charge in [0.1, 0.15) is 5.75 Å². The normalized spacial score (nSPS) is 12.3. The van der Waals surface area contributed by atoms with E-state index >= 15 is 0 Å². The van der Waals surface area contributed by atoms with Crippen LogP contribution in [-0.2, 0) is 0 Å². The number of benzene rings is 2. The average molecular weight is 489 g/mol. The minimum absolute atomic E-state index is 0. The van der Waals surface area contributed by atoms with E-state index < -0.39 is 0 Å². The van der Waals surface area contributed by atoms with E-state index in [9.17, 15) is 0 Å². The Labute approximate surface area is 177 Å². The van der Waals surface area contributed by atoms with E-state index in [0.29, 0.717) is 29.2 Å². The summed E-state index contributed by atoms with van der Waals surface area (Å²) in [6, 6.07) is 15.7. The summed E-state index contributed by atoms with van der Waals surface area (Å²) < 4.78 is 5.14. The molecule has 2 aromatic carbocycles. The van der Waals surface area contributed by atoms with Crippen LogP contribution in [0.15, 0.2) is 53.5 Å². The van der Waals surface area contributed by atoms with E-state index in [0.717, 1.165) is 11.4 Å². The van der Waals surface area contributed by atoms with Crippen molar-refractivity contribution in [2.45, 2.75) is 19.9 Å². The van der Waals surface area contributed by atoms with E-state index in [1.165, 1.54) is 0 Å². The molecule has 0 aliphatic carbocycles. The molecule has 4 N–H and O–H groups in total. The Balaban J connectivity index is 0.00000338. The second-order valence-corrected chi connectivity index (χ2v) is 6.47. The van der Waals surface area contributed by atoms with Gasteiger partial charge >= 0.3 is 0 Å². The molecule has 0 spiro atoms. The van der Waals surface area contributed by atoms with Gasteiger partial charge in [0.15, 0.2) is 5.96 Å². The summed E-state index contributed by atoms with van der Waals surface area (Å²) in [7, 11) is 1.58. The van der Waals surface area contributed by atoms with Gasteiger partial charge < -0.3 is 21.1 Å². The first-order valence-corrected chi connectivity index (χ1v) is 8.59. The average Bonchev–Trinajstić information content (AvgIpc) is 2.59. The molecule has 0 fully saturated rings. The quantitative estimate of drug-likeness (QED) is 0.297. The van der Waals surface area contributed by atoms with E-state index in [2.05, 4.69) is 29.5 Å². The highest BCUT2D eigenvalue weighted by Crippen LogP contribution is 2.27. The molecule has 0 saturated carbocycles. The second-order valence-electron chi connectivity index (χ2n) is 6.06. The molecule has 1 atom stereocenters. The van der Waals surface area contributed by atoms with Crippen LogP contribution in [0.4, 0.5) is 11.4 Å². The minimum Gasteiger partial charge on any atom is -0.495 e. The molecule has 142 valence electrons. The molecule has 0 aromatic heterocycles. The third kappa shape index (κ3) is 6.92. The van der Waals surface area contributed by atoms with Gasteiger partial charge in [-0.15, -0.1) is 24.0 Å². The fourth-order valence-corrected chi connectivity index (χ4v) is 2.56. The van der Waals surface area contributed by atoms with Crippen LogP contribution in [0.5, 0.6) is 5.75 Å². The Kier molecular flexibility index (Phi) is 9.58. The molecule has 0 radical (unpaired) electrons. The van der Waals surface area contributed by atoms with Gasteiger partial charge in [-0.1, -0.05) is 43.6 Å². The number of nitrogens with one attached hydrogen (secondary N) is 2. The summed E-state index contributed by atoms with van der Waals surface area (Å²) in [5.41, 5.74) is 7.85. The molecule has 5 nitrogen and oxygen atoms in total. The highest BCUT2D eigenvalue weighted by molar-refractivity contribution is 14.0. The Bertz CT molecular complexity index is 710. The molecular formula is C19H26ClIN4O. The molecule has 1 unspecified atom stereocenters. The van der Waals surface area contributed by atoms with E-state index in [1.807, 2.05) is 36.4 Å². The Hall–Kier alpha value is -1.67. The molecule has 0 amide bonds. The summed E-state index contributed by atoms with van der Waals surface area (Å²) >= 11 is 6.12. The van der Waals surface area contributed by atoms with Gasteiger partial charge in [0, 0.05) is 17.4 Å². The summed E-state index contributed by atoms with van der Waals surface area (Å²) in [6.45, 7) is 4.88. The van der Waals surface area contributed by atoms with Crippen molar-refractivity contribution < 1.29 is 4.74 Å². The molecule has 0 bridgehead atoms. The number of anilines is 2. The first-order chi connectivity index (χ1) is 12.0. The van der Waals surface area contributed by atoms with Crippen LogP contribution >= 0.6 is 35.6 Å². The number of hydrogen-bond acceptors (Lipinski definition) is 3. The number of methoxy groups -OCH3 is 1. The van der Waals surface area contributed by atoms with Crippen LogP contribution in [0.3, 0.4) is 0 Å². The molecule has 2 aromatic rings. The van der Waals surface area contributed by atoms with Crippen LogP contribution in [0.2, 0.25) is 5.02 Å². The predicted octanol–water partition coefficient (Wildman–Crippen LogP) is 4.83. The Morgan fingerprint density at radius 3 is 2.42 bits per heavy atom. The number of para-hydroxylation sites is 1. The maximum Gasteiger partial charge on any atom is 0.193 e. The summed E-state index contributed by atoms with van der Waals surface area (Å²) in [5.74, 6) is 1.38. The van der Waals surface area contributed by atoms with Crippen molar-refractivity contribution in [2.75, 3.05) is 24.3 Å². The van der Waals surface area contributed by atoms with Gasteiger partial charge in [0.05, 0.1) is 18.7 Å². The maximum absolute atomic E-state index is 6.12. The monoisotopic (exact) mass is 488 g/mol. The smallest absolute Gasteiger partial charge is 0.193 e. The third-order valence-electron chi connectivity index (χ3n) is 3.81. The molecule has 26 heavy (non-hydrogen) atoms. The lowest BCUT2D eigenvalue weighted by atomic mass is 10.0. The number of halogens is 2. The van der Waals surface area contributed by atoms with Crippen molar-refractivity contribution in [3.8, 4) is 5.75 Å². The molecule has 0 saturated heterocycles. The standard InChI is InChI=1S/C19H25ClN4O.HI/c1-13(2)17(23-14-7-5-4-6-8-14)12-22-19(21)24-15-9-10-18(25-3)16(20)11-15;/h4-11,13,17,23H,12H2,1-3H3,(H3,21,22,24);1H. The Morgan fingerprint density at radius 1 is 1.15 bits per heavy atom. The molecule has 0 aliphatic heterocycles. The highest BCUT2D eigenvalue weighted by atomic mass is 127. The zero-order valence-corrected chi connectivity index (χ0v) is 18.3. The van der Waals surface area contributed by atoms with Crippen molar-refractivity contribution in [3.05, 3.63) is 53.6 Å². The largest absolute Gasteiger partial charge is 0.495 e. The Morgan fingerprint density at radius 2 is 1.85 bits per heavy atom. The van der Waals surface area contributed by atoms with Crippen LogP contribution < -0.4 is 21.1 Å². The van der Waals surface area contributed by atoms with Gasteiger partial charge in [0.2, 0.25) is 0 Å². The number of guanidine groups is 1. The van der Waals surface area contributed by atoms with Crippen LogP contribution in [0.25, 0.3) is 0 Å². The zero-order valence-electron chi connectivity index (χ0n) is 15.2. The van der Waals surface area contributed by atoms with Gasteiger partial charge in [-0.2, -0.15) is 0 Å². The van der Waals surface area contributed by atoms with Crippen molar-refractivity contribution >= 4 is 52.9 Å². The maximum atomic E-state index is 6.12. The van der Waals surface area contributed by atoms with Gasteiger partial charge in [-0.05, 0) is 36.2 Å². The van der Waals surface area contributed by atoms with Crippen molar-refractivity contribution in [1.82, 2.24) is 0 Å². The SMILES string of the molecule is COc1ccc(NC(N)=NCC(Nc2ccccc2)C(C)C)cc1Cl.I. The van der Waals surface area contributed by atoms with Crippen LogP contribution in [-0.4, -0.2) is 25.7 Å². The topological polar surface area (TPSA) is 71.7 Å². The molecular weight excluding hydrogens is 463 g/mol. The van der Waals surface area contributed by atoms with Gasteiger partial charge in [0.25, 0.3) is 0 Å². The number of nitrogens with two attached hydrogens (primary N) is 1. The summed E-state index contributed by atoms with van der Waals surface area (Å²) in [6.07, 6.45) is 0. The van der Waals surface area contributed by atoms with E-state index in [1.54, 1.807) is 19.2 Å². The molecule has 7 heteroatoms.